The highest BCUT2D eigenvalue weighted by Gasteiger charge is 2.27. The molecule has 0 spiro atoms. The molecule has 0 bridgehead atoms. The molecule has 1 aliphatic carbocycles. The molecule has 5 nitrogen and oxygen atoms in total. The van der Waals surface area contributed by atoms with Crippen LogP contribution in [0.3, 0.4) is 0 Å². The van der Waals surface area contributed by atoms with Crippen LogP contribution in [0, 0.1) is 0 Å². The Labute approximate surface area is 122 Å². The highest BCUT2D eigenvalue weighted by atomic mass is 35.5. The maximum atomic E-state index is 11.4. The number of primary amides is 1. The van der Waals surface area contributed by atoms with Crippen molar-refractivity contribution in [1.82, 2.24) is 0 Å². The average molecular weight is 297 g/mol. The molecule has 2 rings (SSSR count). The number of nitrogens with zero attached hydrogens (tertiary/aromatic N) is 1. The van der Waals surface area contributed by atoms with Crippen LogP contribution in [0.25, 0.3) is 0 Å². The fourth-order valence-corrected chi connectivity index (χ4v) is 2.88. The molecule has 0 aromatic heterocycles. The van der Waals surface area contributed by atoms with Crippen LogP contribution in [0.1, 0.15) is 36.0 Å². The molecule has 1 fully saturated rings. The second-order valence-electron chi connectivity index (χ2n) is 5.00. The molecule has 0 saturated heterocycles. The molecule has 0 atom stereocenters. The fraction of sp³-hybridized carbons (Fsp3) is 0.429. The number of halogens is 1. The number of carbonyl (C=O) groups excluding carboxylic acids is 1. The third-order valence-corrected chi connectivity index (χ3v) is 3.83. The highest BCUT2D eigenvalue weighted by molar-refractivity contribution is 6.31. The molecule has 1 amide bonds. The van der Waals surface area contributed by atoms with Gasteiger partial charge in [-0.05, 0) is 31.0 Å². The Morgan fingerprint density at radius 2 is 2.00 bits per heavy atom. The zero-order valence-electron chi connectivity index (χ0n) is 11.0. The van der Waals surface area contributed by atoms with Gasteiger partial charge >= 0.3 is 5.97 Å². The standard InChI is InChI=1S/C14H17ClN2O3/c15-9-5-6-11(14(19)20)12(7-9)17(8-13(16)18)10-3-1-2-4-10/h5-7,10H,1-4,8H2,(H2,16,18)(H,19,20). The lowest BCUT2D eigenvalue weighted by Crippen LogP contribution is -2.41. The van der Waals surface area contributed by atoms with E-state index in [1.54, 1.807) is 11.0 Å². The first-order valence-corrected chi connectivity index (χ1v) is 6.94. The van der Waals surface area contributed by atoms with Gasteiger partial charge in [-0.3, -0.25) is 4.79 Å². The number of carbonyl (C=O) groups is 2. The summed E-state index contributed by atoms with van der Waals surface area (Å²) in [6.45, 7) is 0.00525. The van der Waals surface area contributed by atoms with Gasteiger partial charge in [-0.1, -0.05) is 24.4 Å². The average Bonchev–Trinajstić information content (AvgIpc) is 2.88. The van der Waals surface area contributed by atoms with Gasteiger partial charge in [-0.25, -0.2) is 4.79 Å². The van der Waals surface area contributed by atoms with Crippen molar-refractivity contribution in [1.29, 1.82) is 0 Å². The molecule has 20 heavy (non-hydrogen) atoms. The molecule has 0 radical (unpaired) electrons. The van der Waals surface area contributed by atoms with Crippen LogP contribution in [-0.2, 0) is 4.79 Å². The number of hydrogen-bond donors (Lipinski definition) is 2. The van der Waals surface area contributed by atoms with E-state index in [1.165, 1.54) is 12.1 Å². The number of aromatic carboxylic acids is 1. The van der Waals surface area contributed by atoms with E-state index in [1.807, 2.05) is 0 Å². The van der Waals surface area contributed by atoms with Crippen LogP contribution in [0.2, 0.25) is 5.02 Å². The Morgan fingerprint density at radius 1 is 1.35 bits per heavy atom. The number of hydrogen-bond acceptors (Lipinski definition) is 3. The molecule has 0 unspecified atom stereocenters. The molecule has 0 heterocycles. The van der Waals surface area contributed by atoms with Crippen molar-refractivity contribution in [2.75, 3.05) is 11.4 Å². The molecular weight excluding hydrogens is 280 g/mol. The van der Waals surface area contributed by atoms with Gasteiger partial charge in [0.25, 0.3) is 0 Å². The minimum atomic E-state index is -1.04. The predicted molar refractivity (Wildman–Crippen MR) is 77.2 cm³/mol. The van der Waals surface area contributed by atoms with Gasteiger partial charge in [0.2, 0.25) is 5.91 Å². The monoisotopic (exact) mass is 296 g/mol. The number of benzene rings is 1. The SMILES string of the molecule is NC(=O)CN(c1cc(Cl)ccc1C(=O)O)C1CCCC1. The van der Waals surface area contributed by atoms with Crippen LogP contribution in [-0.4, -0.2) is 29.6 Å². The molecule has 1 aromatic rings. The van der Waals surface area contributed by atoms with Crippen LogP contribution >= 0.6 is 11.6 Å². The fourth-order valence-electron chi connectivity index (χ4n) is 2.72. The lowest BCUT2D eigenvalue weighted by Gasteiger charge is -2.31. The van der Waals surface area contributed by atoms with E-state index in [2.05, 4.69) is 0 Å². The largest absolute Gasteiger partial charge is 0.478 e. The first-order valence-electron chi connectivity index (χ1n) is 6.57. The number of rotatable bonds is 5. The minimum absolute atomic E-state index is 0.00525. The topological polar surface area (TPSA) is 83.6 Å². The van der Waals surface area contributed by atoms with Gasteiger partial charge < -0.3 is 15.7 Å². The summed E-state index contributed by atoms with van der Waals surface area (Å²) in [6.07, 6.45) is 4.00. The first-order chi connectivity index (χ1) is 9.49. The molecule has 3 N–H and O–H groups in total. The van der Waals surface area contributed by atoms with E-state index in [-0.39, 0.29) is 18.2 Å². The van der Waals surface area contributed by atoms with E-state index in [9.17, 15) is 14.7 Å². The van der Waals surface area contributed by atoms with Crippen molar-refractivity contribution in [3.63, 3.8) is 0 Å². The summed E-state index contributed by atoms with van der Waals surface area (Å²) in [5, 5.41) is 9.74. The second kappa shape index (κ2) is 6.13. The molecular formula is C14H17ClN2O3. The molecule has 1 aromatic carbocycles. The highest BCUT2D eigenvalue weighted by Crippen LogP contribution is 2.32. The van der Waals surface area contributed by atoms with Gasteiger partial charge in [0.1, 0.15) is 0 Å². The summed E-state index contributed by atoms with van der Waals surface area (Å²) >= 11 is 5.97. The molecule has 1 aliphatic rings. The Kier molecular flexibility index (Phi) is 4.49. The summed E-state index contributed by atoms with van der Waals surface area (Å²) in [5.41, 5.74) is 5.91. The van der Waals surface area contributed by atoms with Crippen molar-refractivity contribution >= 4 is 29.2 Å². The van der Waals surface area contributed by atoms with E-state index in [4.69, 9.17) is 17.3 Å². The maximum absolute atomic E-state index is 11.4. The first kappa shape index (κ1) is 14.7. The van der Waals surface area contributed by atoms with Gasteiger partial charge in [0.05, 0.1) is 17.8 Å². The zero-order valence-corrected chi connectivity index (χ0v) is 11.8. The Bertz CT molecular complexity index is 527. The molecule has 0 aliphatic heterocycles. The van der Waals surface area contributed by atoms with Gasteiger partial charge in [-0.15, -0.1) is 0 Å². The van der Waals surface area contributed by atoms with E-state index < -0.39 is 11.9 Å². The Balaban J connectivity index is 2.43. The van der Waals surface area contributed by atoms with Gasteiger partial charge in [-0.2, -0.15) is 0 Å². The lowest BCUT2D eigenvalue weighted by molar-refractivity contribution is -0.116. The van der Waals surface area contributed by atoms with Crippen molar-refractivity contribution < 1.29 is 14.7 Å². The normalized spacial score (nSPS) is 15.2. The van der Waals surface area contributed by atoms with Crippen molar-refractivity contribution in [3.8, 4) is 0 Å². The third kappa shape index (κ3) is 3.22. The summed E-state index contributed by atoms with van der Waals surface area (Å²) < 4.78 is 0. The van der Waals surface area contributed by atoms with E-state index in [0.29, 0.717) is 10.7 Å². The smallest absolute Gasteiger partial charge is 0.337 e. The summed E-state index contributed by atoms with van der Waals surface area (Å²) in [4.78, 5) is 24.4. The predicted octanol–water partition coefficient (Wildman–Crippen LogP) is 2.27. The number of carboxylic acids is 1. The van der Waals surface area contributed by atoms with Gasteiger partial charge in [0, 0.05) is 11.1 Å². The number of carboxylic acid groups (broad SMARTS) is 1. The second-order valence-corrected chi connectivity index (χ2v) is 5.44. The molecule has 1 saturated carbocycles. The summed E-state index contributed by atoms with van der Waals surface area (Å²) in [7, 11) is 0. The number of anilines is 1. The van der Waals surface area contributed by atoms with Crippen molar-refractivity contribution in [3.05, 3.63) is 28.8 Å². The van der Waals surface area contributed by atoms with E-state index in [0.717, 1.165) is 25.7 Å². The quantitative estimate of drug-likeness (QED) is 0.873. The maximum Gasteiger partial charge on any atom is 0.337 e. The third-order valence-electron chi connectivity index (χ3n) is 3.59. The number of nitrogens with two attached hydrogens (primary N) is 1. The van der Waals surface area contributed by atoms with E-state index >= 15 is 0 Å². The van der Waals surface area contributed by atoms with Crippen LogP contribution in [0.15, 0.2) is 18.2 Å². The van der Waals surface area contributed by atoms with Crippen LogP contribution < -0.4 is 10.6 Å². The Hall–Kier alpha value is -1.75. The van der Waals surface area contributed by atoms with Crippen LogP contribution in [0.4, 0.5) is 5.69 Å². The van der Waals surface area contributed by atoms with Crippen LogP contribution in [0.5, 0.6) is 0 Å². The Morgan fingerprint density at radius 3 is 2.55 bits per heavy atom. The van der Waals surface area contributed by atoms with Gasteiger partial charge in [0.15, 0.2) is 0 Å². The minimum Gasteiger partial charge on any atom is -0.478 e. The lowest BCUT2D eigenvalue weighted by atomic mass is 10.1. The molecule has 108 valence electrons. The van der Waals surface area contributed by atoms with Crippen molar-refractivity contribution in [2.45, 2.75) is 31.7 Å². The molecule has 6 heteroatoms. The summed E-state index contributed by atoms with van der Waals surface area (Å²) in [5.74, 6) is -1.52. The number of amides is 1. The summed E-state index contributed by atoms with van der Waals surface area (Å²) in [6, 6.07) is 4.72. The van der Waals surface area contributed by atoms with Crippen molar-refractivity contribution in [2.24, 2.45) is 5.73 Å². The zero-order chi connectivity index (χ0) is 14.7.